The van der Waals surface area contributed by atoms with Crippen molar-refractivity contribution in [1.82, 2.24) is 20.5 Å². The van der Waals surface area contributed by atoms with E-state index in [4.69, 9.17) is 5.73 Å². The van der Waals surface area contributed by atoms with Crippen LogP contribution in [0.5, 0.6) is 0 Å². The number of anilines is 1. The normalized spacial score (nSPS) is 12.9. The first-order valence-electron chi connectivity index (χ1n) is 11.4. The van der Waals surface area contributed by atoms with Crippen LogP contribution in [0.25, 0.3) is 10.8 Å². The van der Waals surface area contributed by atoms with Gasteiger partial charge in [-0.25, -0.2) is 4.98 Å². The molecule has 0 bridgehead atoms. The van der Waals surface area contributed by atoms with Crippen molar-refractivity contribution in [1.29, 1.82) is 0 Å². The van der Waals surface area contributed by atoms with Gasteiger partial charge in [0.1, 0.15) is 12.1 Å². The molecule has 0 aliphatic carbocycles. The highest BCUT2D eigenvalue weighted by atomic mass is 32.1. The Morgan fingerprint density at radius 2 is 1.69 bits per heavy atom. The van der Waals surface area contributed by atoms with Crippen LogP contribution in [0.15, 0.2) is 79.0 Å². The summed E-state index contributed by atoms with van der Waals surface area (Å²) in [5, 5.41) is 8.56. The fraction of sp³-hybridized carbons (Fsp3) is 0.222. The number of carbonyl (C=O) groups is 2. The number of rotatable bonds is 9. The Morgan fingerprint density at radius 3 is 2.40 bits per heavy atom. The second-order valence-corrected chi connectivity index (χ2v) is 9.71. The highest BCUT2D eigenvalue weighted by molar-refractivity contribution is 7.15. The van der Waals surface area contributed by atoms with Gasteiger partial charge < -0.3 is 16.4 Å². The van der Waals surface area contributed by atoms with Crippen LogP contribution in [-0.2, 0) is 22.6 Å². The summed E-state index contributed by atoms with van der Waals surface area (Å²) in [5.41, 5.74) is 7.57. The number of nitrogens with zero attached hydrogens (tertiary/aromatic N) is 2. The molecule has 0 aliphatic heterocycles. The highest BCUT2D eigenvalue weighted by Gasteiger charge is 2.28. The Bertz CT molecular complexity index is 1300. The average molecular weight is 488 g/mol. The number of aromatic nitrogens is 1. The third-order valence-electron chi connectivity index (χ3n) is 5.83. The summed E-state index contributed by atoms with van der Waals surface area (Å²) in [4.78, 5) is 33.5. The zero-order valence-corrected chi connectivity index (χ0v) is 20.6. The molecule has 8 heteroatoms. The van der Waals surface area contributed by atoms with E-state index in [0.717, 1.165) is 26.8 Å². The van der Waals surface area contributed by atoms with E-state index in [1.807, 2.05) is 91.8 Å². The molecular formula is C27H29N5O2S. The first-order valence-corrected chi connectivity index (χ1v) is 12.2. The van der Waals surface area contributed by atoms with Crippen molar-refractivity contribution in [3.63, 3.8) is 0 Å². The molecule has 1 aromatic heterocycles. The molecule has 0 aliphatic rings. The molecule has 4 rings (SSSR count). The smallest absolute Gasteiger partial charge is 0.243 e. The molecule has 180 valence electrons. The molecule has 0 saturated carbocycles. The Kier molecular flexibility index (Phi) is 7.74. The molecule has 2 atom stereocenters. The number of hydrogen-bond donors (Lipinski definition) is 3. The second kappa shape index (κ2) is 11.1. The zero-order chi connectivity index (χ0) is 24.8. The van der Waals surface area contributed by atoms with Crippen LogP contribution in [0, 0.1) is 0 Å². The summed E-state index contributed by atoms with van der Waals surface area (Å²) in [6.45, 7) is 0.297. The summed E-state index contributed by atoms with van der Waals surface area (Å²) in [6, 6.07) is 22.3. The van der Waals surface area contributed by atoms with E-state index in [-0.39, 0.29) is 11.8 Å². The SMILES string of the molecule is CN(C)[C@@H](C(=O)N[C@@H](Cc1cccc2ccccc12)C(=O)NCc1cnc(N)s1)c1ccccc1. The molecule has 2 amide bonds. The molecule has 0 saturated heterocycles. The molecule has 35 heavy (non-hydrogen) atoms. The van der Waals surface area contributed by atoms with Crippen molar-refractivity contribution in [3.8, 4) is 0 Å². The maximum absolute atomic E-state index is 13.5. The fourth-order valence-electron chi connectivity index (χ4n) is 4.17. The molecule has 0 spiro atoms. The van der Waals surface area contributed by atoms with E-state index in [0.29, 0.717) is 18.1 Å². The van der Waals surface area contributed by atoms with Crippen LogP contribution in [-0.4, -0.2) is 41.8 Å². The highest BCUT2D eigenvalue weighted by Crippen LogP contribution is 2.22. The Labute approximate surface area is 209 Å². The lowest BCUT2D eigenvalue weighted by Crippen LogP contribution is -2.50. The van der Waals surface area contributed by atoms with Crippen LogP contribution in [0.3, 0.4) is 0 Å². The summed E-state index contributed by atoms with van der Waals surface area (Å²) < 4.78 is 0. The second-order valence-electron chi connectivity index (χ2n) is 8.56. The lowest BCUT2D eigenvalue weighted by Gasteiger charge is -2.27. The van der Waals surface area contributed by atoms with Gasteiger partial charge in [-0.1, -0.05) is 72.8 Å². The Balaban J connectivity index is 1.59. The molecule has 4 aromatic rings. The van der Waals surface area contributed by atoms with Crippen molar-refractivity contribution in [2.75, 3.05) is 19.8 Å². The quantitative estimate of drug-likeness (QED) is 0.335. The number of amides is 2. The third kappa shape index (κ3) is 6.03. The Hall–Kier alpha value is -3.75. The number of carbonyl (C=O) groups excluding carboxylic acids is 2. The molecular weight excluding hydrogens is 458 g/mol. The third-order valence-corrected chi connectivity index (χ3v) is 6.65. The monoisotopic (exact) mass is 487 g/mol. The van der Waals surface area contributed by atoms with E-state index in [9.17, 15) is 9.59 Å². The average Bonchev–Trinajstić information content (AvgIpc) is 3.28. The molecule has 0 fully saturated rings. The maximum Gasteiger partial charge on any atom is 0.243 e. The van der Waals surface area contributed by atoms with Crippen molar-refractivity contribution in [2.45, 2.75) is 25.0 Å². The number of thiazole rings is 1. The van der Waals surface area contributed by atoms with E-state index in [1.165, 1.54) is 11.3 Å². The summed E-state index contributed by atoms with van der Waals surface area (Å²) in [7, 11) is 3.70. The van der Waals surface area contributed by atoms with Crippen LogP contribution >= 0.6 is 11.3 Å². The molecule has 1 heterocycles. The minimum absolute atomic E-state index is 0.233. The van der Waals surface area contributed by atoms with Gasteiger partial charge in [-0.3, -0.25) is 14.5 Å². The number of nitrogens with one attached hydrogen (secondary N) is 2. The molecule has 0 radical (unpaired) electrons. The number of hydrogen-bond acceptors (Lipinski definition) is 6. The van der Waals surface area contributed by atoms with Crippen molar-refractivity contribution in [3.05, 3.63) is 95.0 Å². The molecule has 3 aromatic carbocycles. The van der Waals surface area contributed by atoms with Crippen molar-refractivity contribution in [2.24, 2.45) is 0 Å². The maximum atomic E-state index is 13.5. The first kappa shape index (κ1) is 24.4. The molecule has 4 N–H and O–H groups in total. The number of fused-ring (bicyclic) bond motifs is 1. The first-order chi connectivity index (χ1) is 16.9. The Morgan fingerprint density at radius 1 is 0.971 bits per heavy atom. The van der Waals surface area contributed by atoms with Crippen LogP contribution in [0.4, 0.5) is 5.13 Å². The van der Waals surface area contributed by atoms with Gasteiger partial charge >= 0.3 is 0 Å². The topological polar surface area (TPSA) is 100 Å². The van der Waals surface area contributed by atoms with E-state index in [1.54, 1.807) is 6.20 Å². The van der Waals surface area contributed by atoms with Crippen LogP contribution in [0.2, 0.25) is 0 Å². The van der Waals surface area contributed by atoms with Crippen LogP contribution < -0.4 is 16.4 Å². The van der Waals surface area contributed by atoms with Gasteiger partial charge in [0.25, 0.3) is 0 Å². The number of benzene rings is 3. The number of nitrogens with two attached hydrogens (primary N) is 1. The predicted octanol–water partition coefficient (Wildman–Crippen LogP) is 3.53. The zero-order valence-electron chi connectivity index (χ0n) is 19.8. The number of likely N-dealkylation sites (N-methyl/N-ethyl adjacent to an activating group) is 1. The minimum atomic E-state index is -0.760. The van der Waals surface area contributed by atoms with Crippen molar-refractivity contribution < 1.29 is 9.59 Å². The van der Waals surface area contributed by atoms with Gasteiger partial charge in [0.15, 0.2) is 5.13 Å². The van der Waals surface area contributed by atoms with Gasteiger partial charge in [-0.05, 0) is 36.0 Å². The van der Waals surface area contributed by atoms with Gasteiger partial charge in [-0.2, -0.15) is 0 Å². The largest absolute Gasteiger partial charge is 0.375 e. The van der Waals surface area contributed by atoms with Gasteiger partial charge in [-0.15, -0.1) is 11.3 Å². The lowest BCUT2D eigenvalue weighted by molar-refractivity contribution is -0.131. The summed E-state index contributed by atoms with van der Waals surface area (Å²) in [6.07, 6.45) is 2.01. The minimum Gasteiger partial charge on any atom is -0.375 e. The van der Waals surface area contributed by atoms with Gasteiger partial charge in [0, 0.05) is 17.5 Å². The predicted molar refractivity (Wildman–Crippen MR) is 141 cm³/mol. The van der Waals surface area contributed by atoms with Crippen LogP contribution in [0.1, 0.15) is 22.0 Å². The summed E-state index contributed by atoms with van der Waals surface area (Å²) >= 11 is 1.33. The van der Waals surface area contributed by atoms with E-state index >= 15 is 0 Å². The van der Waals surface area contributed by atoms with E-state index < -0.39 is 12.1 Å². The molecule has 0 unspecified atom stereocenters. The van der Waals surface area contributed by atoms with Gasteiger partial charge in [0.2, 0.25) is 11.8 Å². The van der Waals surface area contributed by atoms with E-state index in [2.05, 4.69) is 15.6 Å². The lowest BCUT2D eigenvalue weighted by atomic mass is 9.97. The molecule has 7 nitrogen and oxygen atoms in total. The number of nitrogen functional groups attached to an aromatic ring is 1. The fourth-order valence-corrected chi connectivity index (χ4v) is 4.80. The van der Waals surface area contributed by atoms with Crippen molar-refractivity contribution >= 4 is 39.1 Å². The summed E-state index contributed by atoms with van der Waals surface area (Å²) in [5.74, 6) is -0.493. The standard InChI is InChI=1S/C27H29N5O2S/c1-32(2)24(19-10-4-3-5-11-19)26(34)31-23(25(33)29-16-21-17-30-27(28)35-21)15-20-13-8-12-18-9-6-7-14-22(18)20/h3-14,17,23-24H,15-16H2,1-2H3,(H2,28,30)(H,29,33)(H,31,34)/t23-,24+/m0/s1. The van der Waals surface area contributed by atoms with Gasteiger partial charge in [0.05, 0.1) is 6.54 Å².